The molecule has 1 heterocycles. The van der Waals surface area contributed by atoms with Gasteiger partial charge in [-0.2, -0.15) is 5.26 Å². The molecule has 0 aliphatic heterocycles. The van der Waals surface area contributed by atoms with E-state index in [9.17, 15) is 9.59 Å². The molecule has 0 saturated carbocycles. The molecule has 0 aliphatic carbocycles. The van der Waals surface area contributed by atoms with Gasteiger partial charge in [-0.25, -0.2) is 4.39 Å². The number of halogens is 3. The van der Waals surface area contributed by atoms with Crippen molar-refractivity contribution >= 4 is 33.3 Å². The summed E-state index contributed by atoms with van der Waals surface area (Å²) < 4.78 is 27.5. The number of ketones is 1. The number of hydrogen-bond donors (Lipinski definition) is 0. The highest BCUT2D eigenvalue weighted by atomic mass is 79.9. The van der Waals surface area contributed by atoms with Crippen LogP contribution < -0.4 is 15.0 Å². The van der Waals surface area contributed by atoms with Gasteiger partial charge in [0.05, 0.1) is 28.8 Å². The Kier molecular flexibility index (Phi) is 6.78. The number of benzene rings is 2. The van der Waals surface area contributed by atoms with Gasteiger partial charge in [-0.3, -0.25) is 9.59 Å². The van der Waals surface area contributed by atoms with Gasteiger partial charge in [0.25, 0.3) is 5.56 Å². The number of aryl methyl sites for hydroxylation is 1. The molecule has 0 radical (unpaired) electrons. The number of ether oxygens (including phenoxy) is 2. The fraction of sp³-hybridized carbons (Fsp3) is 0.136. The maximum atomic E-state index is 15.2. The summed E-state index contributed by atoms with van der Waals surface area (Å²) in [6, 6.07) is 10.7. The van der Waals surface area contributed by atoms with E-state index in [1.54, 1.807) is 0 Å². The van der Waals surface area contributed by atoms with E-state index < -0.39 is 17.2 Å². The second-order valence-electron chi connectivity index (χ2n) is 6.52. The highest BCUT2D eigenvalue weighted by molar-refractivity contribution is 9.10. The van der Waals surface area contributed by atoms with Crippen molar-refractivity contribution in [2.24, 2.45) is 7.05 Å². The standard InChI is InChI=1S/C22H15BrClFN2O4/c1-27-6-5-16(20(30-2)22(27)29)18(28)9-13-3-4-17(23)21(19(13)25)31-15-8-12(11-26)7-14(24)10-15/h3-8,10H,9H2,1-2H3. The Morgan fingerprint density at radius 3 is 2.68 bits per heavy atom. The molecule has 158 valence electrons. The van der Waals surface area contributed by atoms with E-state index in [0.717, 1.165) is 0 Å². The van der Waals surface area contributed by atoms with Crippen LogP contribution in [0.1, 0.15) is 21.5 Å². The number of aromatic nitrogens is 1. The van der Waals surface area contributed by atoms with Gasteiger partial charge in [-0.1, -0.05) is 17.7 Å². The predicted molar refractivity (Wildman–Crippen MR) is 117 cm³/mol. The van der Waals surface area contributed by atoms with Crippen LogP contribution in [0.3, 0.4) is 0 Å². The Hall–Kier alpha value is -3.15. The molecule has 0 amide bonds. The number of methoxy groups -OCH3 is 1. The second kappa shape index (κ2) is 9.33. The molecular formula is C22H15BrClFN2O4. The normalized spacial score (nSPS) is 10.5. The number of hydrogen-bond acceptors (Lipinski definition) is 5. The summed E-state index contributed by atoms with van der Waals surface area (Å²) in [4.78, 5) is 25.0. The van der Waals surface area contributed by atoms with Crippen molar-refractivity contribution in [3.05, 3.63) is 85.0 Å². The lowest BCUT2D eigenvalue weighted by Gasteiger charge is -2.13. The van der Waals surface area contributed by atoms with Crippen LogP contribution in [0, 0.1) is 17.1 Å². The minimum Gasteiger partial charge on any atom is -0.491 e. The van der Waals surface area contributed by atoms with Crippen LogP contribution in [0.2, 0.25) is 5.02 Å². The first-order valence-electron chi connectivity index (χ1n) is 8.87. The number of nitriles is 1. The highest BCUT2D eigenvalue weighted by Gasteiger charge is 2.21. The van der Waals surface area contributed by atoms with Crippen LogP contribution in [-0.4, -0.2) is 17.5 Å². The fourth-order valence-electron chi connectivity index (χ4n) is 2.90. The smallest absolute Gasteiger partial charge is 0.293 e. The minimum atomic E-state index is -0.760. The number of nitrogens with zero attached hydrogens (tertiary/aromatic N) is 2. The molecule has 0 N–H and O–H groups in total. The van der Waals surface area contributed by atoms with Crippen LogP contribution in [0.25, 0.3) is 0 Å². The Bertz CT molecular complexity index is 1280. The van der Waals surface area contributed by atoms with Crippen LogP contribution >= 0.6 is 27.5 Å². The maximum Gasteiger partial charge on any atom is 0.293 e. The Labute approximate surface area is 190 Å². The van der Waals surface area contributed by atoms with Crippen molar-refractivity contribution in [2.45, 2.75) is 6.42 Å². The third-order valence-electron chi connectivity index (χ3n) is 4.43. The topological polar surface area (TPSA) is 81.3 Å². The van der Waals surface area contributed by atoms with Crippen molar-refractivity contribution in [3.63, 3.8) is 0 Å². The summed E-state index contributed by atoms with van der Waals surface area (Å²) in [7, 11) is 2.82. The Morgan fingerprint density at radius 2 is 2.00 bits per heavy atom. The van der Waals surface area contributed by atoms with Gasteiger partial charge in [0.15, 0.2) is 23.1 Å². The van der Waals surface area contributed by atoms with Gasteiger partial charge < -0.3 is 14.0 Å². The third-order valence-corrected chi connectivity index (χ3v) is 5.27. The molecule has 0 bridgehead atoms. The van der Waals surface area contributed by atoms with Crippen molar-refractivity contribution in [3.8, 4) is 23.3 Å². The summed E-state index contributed by atoms with van der Waals surface area (Å²) in [6.45, 7) is 0. The van der Waals surface area contributed by atoms with Gasteiger partial charge in [-0.15, -0.1) is 0 Å². The zero-order chi connectivity index (χ0) is 22.7. The lowest BCUT2D eigenvalue weighted by Crippen LogP contribution is -2.21. The largest absolute Gasteiger partial charge is 0.491 e. The zero-order valence-electron chi connectivity index (χ0n) is 16.4. The maximum absolute atomic E-state index is 15.2. The molecule has 2 aromatic carbocycles. The molecule has 3 rings (SSSR count). The zero-order valence-corrected chi connectivity index (χ0v) is 18.8. The molecule has 0 aliphatic rings. The number of carbonyl (C=O) groups excluding carboxylic acids is 1. The molecule has 0 unspecified atom stereocenters. The third kappa shape index (κ3) is 4.79. The van der Waals surface area contributed by atoms with Crippen LogP contribution in [-0.2, 0) is 13.5 Å². The number of carbonyl (C=O) groups is 1. The van der Waals surface area contributed by atoms with Crippen molar-refractivity contribution in [2.75, 3.05) is 7.11 Å². The summed E-state index contributed by atoms with van der Waals surface area (Å²) >= 11 is 9.21. The van der Waals surface area contributed by atoms with Gasteiger partial charge in [-0.05, 0) is 51.8 Å². The molecule has 6 nitrogen and oxygen atoms in total. The number of rotatable bonds is 6. The van der Waals surface area contributed by atoms with E-state index in [2.05, 4.69) is 15.9 Å². The lowest BCUT2D eigenvalue weighted by atomic mass is 10.0. The highest BCUT2D eigenvalue weighted by Crippen LogP contribution is 2.36. The van der Waals surface area contributed by atoms with Crippen LogP contribution in [0.15, 0.2) is 51.9 Å². The van der Waals surface area contributed by atoms with Crippen molar-refractivity contribution in [1.29, 1.82) is 5.26 Å². The van der Waals surface area contributed by atoms with Gasteiger partial charge >= 0.3 is 0 Å². The van der Waals surface area contributed by atoms with E-state index in [1.165, 1.54) is 61.3 Å². The van der Waals surface area contributed by atoms with E-state index >= 15 is 4.39 Å². The lowest BCUT2D eigenvalue weighted by molar-refractivity contribution is 0.0988. The molecule has 1 aromatic heterocycles. The molecule has 3 aromatic rings. The van der Waals surface area contributed by atoms with Gasteiger partial charge in [0, 0.05) is 24.7 Å². The van der Waals surface area contributed by atoms with Crippen LogP contribution in [0.5, 0.6) is 17.2 Å². The number of Topliss-reactive ketones (excluding diaryl/α,β-unsaturated/α-hetero) is 1. The average molecular weight is 506 g/mol. The van der Waals surface area contributed by atoms with E-state index in [0.29, 0.717) is 4.47 Å². The summed E-state index contributed by atoms with van der Waals surface area (Å²) in [6.07, 6.45) is 1.12. The van der Waals surface area contributed by atoms with Gasteiger partial charge in [0.1, 0.15) is 5.75 Å². The molecule has 0 saturated heterocycles. The fourth-order valence-corrected chi connectivity index (χ4v) is 3.51. The Balaban J connectivity index is 1.96. The summed E-state index contributed by atoms with van der Waals surface area (Å²) in [5, 5.41) is 9.33. The molecule has 31 heavy (non-hydrogen) atoms. The van der Waals surface area contributed by atoms with E-state index in [4.69, 9.17) is 26.3 Å². The number of pyridine rings is 1. The predicted octanol–water partition coefficient (Wildman–Crippen LogP) is 5.04. The van der Waals surface area contributed by atoms with Crippen LogP contribution in [0.4, 0.5) is 4.39 Å². The molecular weight excluding hydrogens is 491 g/mol. The van der Waals surface area contributed by atoms with E-state index in [-0.39, 0.29) is 45.4 Å². The summed E-state index contributed by atoms with van der Waals surface area (Å²) in [5.74, 6) is -1.35. The molecule has 0 spiro atoms. The van der Waals surface area contributed by atoms with Crippen molar-refractivity contribution in [1.82, 2.24) is 4.57 Å². The SMILES string of the molecule is COc1c(C(=O)Cc2ccc(Br)c(Oc3cc(Cl)cc(C#N)c3)c2F)ccn(C)c1=O. The first-order valence-corrected chi connectivity index (χ1v) is 10.0. The molecule has 0 fully saturated rings. The minimum absolute atomic E-state index is 0.0592. The molecule has 0 atom stereocenters. The summed E-state index contributed by atoms with van der Waals surface area (Å²) in [5.41, 5.74) is -0.0941. The monoisotopic (exact) mass is 504 g/mol. The van der Waals surface area contributed by atoms with Crippen molar-refractivity contribution < 1.29 is 18.7 Å². The average Bonchev–Trinajstić information content (AvgIpc) is 2.74. The first-order chi connectivity index (χ1) is 14.7. The second-order valence-corrected chi connectivity index (χ2v) is 7.81. The van der Waals surface area contributed by atoms with Gasteiger partial charge in [0.2, 0.25) is 0 Å². The first kappa shape index (κ1) is 22.5. The van der Waals surface area contributed by atoms with E-state index in [1.807, 2.05) is 6.07 Å². The quantitative estimate of drug-likeness (QED) is 0.439. The Morgan fingerprint density at radius 1 is 1.26 bits per heavy atom. The molecule has 9 heteroatoms.